The standard InChI is InChI=1S/C22H38N6O5S/c1-12(2)8-16(26-19(29)15(23)6-7-34-5)20(30)27-17(9-14-10-24-11-25-14)21(31)28-18(13(3)4)22(32)33/h10-13,15-18H,6-9,23H2,1-5H3,(H,24,25)(H,26,29)(H,27,30)(H,28,31)(H,32,33). The summed E-state index contributed by atoms with van der Waals surface area (Å²) in [6.07, 6.45) is 5.75. The molecule has 0 saturated carbocycles. The van der Waals surface area contributed by atoms with Gasteiger partial charge in [-0.05, 0) is 36.7 Å². The number of rotatable bonds is 15. The minimum absolute atomic E-state index is 0.0671. The maximum atomic E-state index is 13.2. The Morgan fingerprint density at radius 3 is 2.18 bits per heavy atom. The number of nitrogens with zero attached hydrogens (tertiary/aromatic N) is 1. The minimum Gasteiger partial charge on any atom is -0.480 e. The summed E-state index contributed by atoms with van der Waals surface area (Å²) in [7, 11) is 0. The molecule has 0 aliphatic rings. The second-order valence-electron chi connectivity index (χ2n) is 8.99. The van der Waals surface area contributed by atoms with E-state index in [0.717, 1.165) is 0 Å². The molecule has 3 amide bonds. The van der Waals surface area contributed by atoms with E-state index in [4.69, 9.17) is 5.73 Å². The third kappa shape index (κ3) is 10.1. The fraction of sp³-hybridized carbons (Fsp3) is 0.682. The quantitative estimate of drug-likeness (QED) is 0.199. The van der Waals surface area contributed by atoms with Gasteiger partial charge < -0.3 is 31.8 Å². The van der Waals surface area contributed by atoms with Crippen LogP contribution in [-0.2, 0) is 25.6 Å². The first-order valence-electron chi connectivity index (χ1n) is 11.3. The van der Waals surface area contributed by atoms with E-state index in [-0.39, 0.29) is 18.3 Å². The highest BCUT2D eigenvalue weighted by atomic mass is 32.2. The molecule has 4 unspecified atom stereocenters. The first-order chi connectivity index (χ1) is 16.0. The molecule has 0 spiro atoms. The largest absolute Gasteiger partial charge is 0.480 e. The Morgan fingerprint density at radius 1 is 1.06 bits per heavy atom. The van der Waals surface area contributed by atoms with Crippen LogP contribution in [0.5, 0.6) is 0 Å². The predicted molar refractivity (Wildman–Crippen MR) is 131 cm³/mol. The molecule has 0 aromatic carbocycles. The Labute approximate surface area is 204 Å². The molecule has 0 fully saturated rings. The highest BCUT2D eigenvalue weighted by molar-refractivity contribution is 7.98. The number of thioether (sulfide) groups is 1. The highest BCUT2D eigenvalue weighted by Crippen LogP contribution is 2.09. The van der Waals surface area contributed by atoms with Crippen molar-refractivity contribution in [3.8, 4) is 0 Å². The average Bonchev–Trinajstić information content (AvgIpc) is 3.26. The van der Waals surface area contributed by atoms with E-state index in [1.807, 2.05) is 20.1 Å². The lowest BCUT2D eigenvalue weighted by Crippen LogP contribution is -2.58. The van der Waals surface area contributed by atoms with Crippen molar-refractivity contribution < 1.29 is 24.3 Å². The highest BCUT2D eigenvalue weighted by Gasteiger charge is 2.32. The normalized spacial score (nSPS) is 14.8. The number of carboxylic acids is 1. The van der Waals surface area contributed by atoms with Crippen molar-refractivity contribution in [2.24, 2.45) is 17.6 Å². The SMILES string of the molecule is CSCCC(N)C(=O)NC(CC(C)C)C(=O)NC(Cc1cnc[nH]1)C(=O)NC(C(=O)O)C(C)C. The summed E-state index contributed by atoms with van der Waals surface area (Å²) in [5.74, 6) is -2.36. The molecule has 0 bridgehead atoms. The summed E-state index contributed by atoms with van der Waals surface area (Å²) in [5.41, 5.74) is 6.53. The van der Waals surface area contributed by atoms with Crippen molar-refractivity contribution >= 4 is 35.5 Å². The fourth-order valence-corrected chi connectivity index (χ4v) is 3.71. The Hall–Kier alpha value is -2.60. The Morgan fingerprint density at radius 2 is 1.68 bits per heavy atom. The summed E-state index contributed by atoms with van der Waals surface area (Å²) < 4.78 is 0. The fourth-order valence-electron chi connectivity index (χ4n) is 3.22. The van der Waals surface area contributed by atoms with Gasteiger partial charge in [0, 0.05) is 18.3 Å². The molecule has 1 heterocycles. The zero-order chi connectivity index (χ0) is 25.8. The van der Waals surface area contributed by atoms with Gasteiger partial charge in [0.05, 0.1) is 12.4 Å². The van der Waals surface area contributed by atoms with Crippen LogP contribution in [0.4, 0.5) is 0 Å². The second-order valence-corrected chi connectivity index (χ2v) is 9.97. The monoisotopic (exact) mass is 498 g/mol. The van der Waals surface area contributed by atoms with E-state index in [0.29, 0.717) is 24.3 Å². The van der Waals surface area contributed by atoms with Crippen molar-refractivity contribution in [2.75, 3.05) is 12.0 Å². The van der Waals surface area contributed by atoms with Crippen molar-refractivity contribution in [3.63, 3.8) is 0 Å². The molecule has 0 aliphatic heterocycles. The van der Waals surface area contributed by atoms with Gasteiger partial charge in [0.15, 0.2) is 0 Å². The molecule has 0 saturated heterocycles. The van der Waals surface area contributed by atoms with E-state index >= 15 is 0 Å². The molecule has 1 aromatic heterocycles. The summed E-state index contributed by atoms with van der Waals surface area (Å²) in [4.78, 5) is 57.0. The molecule has 4 atom stereocenters. The molecule has 0 aliphatic carbocycles. The van der Waals surface area contributed by atoms with E-state index in [1.165, 1.54) is 12.5 Å². The number of imidazole rings is 1. The van der Waals surface area contributed by atoms with Crippen LogP contribution in [0.15, 0.2) is 12.5 Å². The molecule has 34 heavy (non-hydrogen) atoms. The maximum Gasteiger partial charge on any atom is 0.326 e. The van der Waals surface area contributed by atoms with Gasteiger partial charge in [-0.25, -0.2) is 9.78 Å². The third-order valence-corrected chi connectivity index (χ3v) is 5.80. The topological polar surface area (TPSA) is 179 Å². The van der Waals surface area contributed by atoms with Gasteiger partial charge >= 0.3 is 5.97 Å². The van der Waals surface area contributed by atoms with Crippen LogP contribution < -0.4 is 21.7 Å². The van der Waals surface area contributed by atoms with Gasteiger partial charge in [-0.2, -0.15) is 11.8 Å². The lowest BCUT2D eigenvalue weighted by atomic mass is 10.0. The maximum absolute atomic E-state index is 13.2. The minimum atomic E-state index is -1.17. The van der Waals surface area contributed by atoms with Crippen LogP contribution in [0.2, 0.25) is 0 Å². The molecule has 1 aromatic rings. The zero-order valence-electron chi connectivity index (χ0n) is 20.5. The second kappa shape index (κ2) is 14.6. The Balaban J connectivity index is 3.03. The number of H-pyrrole nitrogens is 1. The number of carbonyl (C=O) groups is 4. The van der Waals surface area contributed by atoms with Crippen LogP contribution in [0.3, 0.4) is 0 Å². The summed E-state index contributed by atoms with van der Waals surface area (Å²) in [5, 5.41) is 17.3. The van der Waals surface area contributed by atoms with Crippen molar-refractivity contribution in [1.29, 1.82) is 0 Å². The van der Waals surface area contributed by atoms with Gasteiger partial charge in [0.1, 0.15) is 18.1 Å². The molecule has 7 N–H and O–H groups in total. The molecule has 192 valence electrons. The smallest absolute Gasteiger partial charge is 0.326 e. The van der Waals surface area contributed by atoms with Crippen LogP contribution in [0, 0.1) is 11.8 Å². The number of amides is 3. The predicted octanol–water partition coefficient (Wildman–Crippen LogP) is 0.274. The zero-order valence-corrected chi connectivity index (χ0v) is 21.3. The number of nitrogens with two attached hydrogens (primary N) is 1. The van der Waals surface area contributed by atoms with Crippen LogP contribution in [-0.4, -0.2) is 74.9 Å². The van der Waals surface area contributed by atoms with Gasteiger partial charge in [0.2, 0.25) is 17.7 Å². The van der Waals surface area contributed by atoms with Crippen LogP contribution in [0.25, 0.3) is 0 Å². The number of nitrogens with one attached hydrogen (secondary N) is 4. The first-order valence-corrected chi connectivity index (χ1v) is 12.7. The summed E-state index contributed by atoms with van der Waals surface area (Å²) >= 11 is 1.57. The molecular formula is C22H38N6O5S. The van der Waals surface area contributed by atoms with E-state index < -0.39 is 47.9 Å². The summed E-state index contributed by atoms with van der Waals surface area (Å²) in [6.45, 7) is 7.18. The third-order valence-electron chi connectivity index (χ3n) is 5.15. The van der Waals surface area contributed by atoms with Crippen LogP contribution >= 0.6 is 11.8 Å². The first kappa shape index (κ1) is 29.4. The van der Waals surface area contributed by atoms with E-state index in [1.54, 1.807) is 25.6 Å². The molecule has 11 nitrogen and oxygen atoms in total. The van der Waals surface area contributed by atoms with Gasteiger partial charge in [-0.15, -0.1) is 0 Å². The number of aromatic amines is 1. The number of hydrogen-bond donors (Lipinski definition) is 6. The molecular weight excluding hydrogens is 460 g/mol. The molecule has 1 rings (SSSR count). The van der Waals surface area contributed by atoms with E-state index in [9.17, 15) is 24.3 Å². The van der Waals surface area contributed by atoms with Crippen molar-refractivity contribution in [2.45, 2.75) is 71.1 Å². The van der Waals surface area contributed by atoms with Gasteiger partial charge in [0.25, 0.3) is 0 Å². The van der Waals surface area contributed by atoms with Crippen LogP contribution in [0.1, 0.15) is 46.2 Å². The molecule has 0 radical (unpaired) electrons. The Kier molecular flexibility index (Phi) is 12.7. The Bertz CT molecular complexity index is 802. The summed E-state index contributed by atoms with van der Waals surface area (Å²) in [6, 6.07) is -3.84. The van der Waals surface area contributed by atoms with Gasteiger partial charge in [-0.3, -0.25) is 14.4 Å². The number of aliphatic carboxylic acids is 1. The average molecular weight is 499 g/mol. The van der Waals surface area contributed by atoms with Crippen molar-refractivity contribution in [1.82, 2.24) is 25.9 Å². The molecule has 12 heteroatoms. The number of aromatic nitrogens is 2. The van der Waals surface area contributed by atoms with Gasteiger partial charge in [-0.1, -0.05) is 27.7 Å². The number of hydrogen-bond acceptors (Lipinski definition) is 7. The lowest BCUT2D eigenvalue weighted by Gasteiger charge is -2.26. The number of carboxylic acid groups (broad SMARTS) is 1. The lowest BCUT2D eigenvalue weighted by molar-refractivity contribution is -0.143. The van der Waals surface area contributed by atoms with E-state index in [2.05, 4.69) is 25.9 Å². The van der Waals surface area contributed by atoms with Crippen molar-refractivity contribution in [3.05, 3.63) is 18.2 Å². The number of carbonyl (C=O) groups excluding carboxylic acids is 3.